The van der Waals surface area contributed by atoms with Gasteiger partial charge in [0.2, 0.25) is 0 Å². The zero-order valence-corrected chi connectivity index (χ0v) is 4.89. The van der Waals surface area contributed by atoms with Crippen molar-refractivity contribution in [3.63, 3.8) is 0 Å². The van der Waals surface area contributed by atoms with E-state index in [4.69, 9.17) is 5.73 Å². The van der Waals surface area contributed by atoms with Crippen LogP contribution in [0.4, 0.5) is 0 Å². The van der Waals surface area contributed by atoms with E-state index in [1.165, 1.54) is 0 Å². The fourth-order valence-corrected chi connectivity index (χ4v) is 1.40. The first kappa shape index (κ1) is 4.39. The number of nitrogens with one attached hydrogen (secondary N) is 1. The van der Waals surface area contributed by atoms with Crippen LogP contribution >= 0.6 is 0 Å². The van der Waals surface area contributed by atoms with E-state index in [0.717, 1.165) is 0 Å². The lowest BCUT2D eigenvalue weighted by atomic mass is 10.1. The highest BCUT2D eigenvalue weighted by atomic mass is 15.1. The maximum Gasteiger partial charge on any atom is 0.0520 e. The van der Waals surface area contributed by atoms with E-state index in [1.54, 1.807) is 0 Å². The third kappa shape index (κ3) is 0.265. The summed E-state index contributed by atoms with van der Waals surface area (Å²) in [6, 6.07) is 0.912. The van der Waals surface area contributed by atoms with Crippen LogP contribution < -0.4 is 11.1 Å². The zero-order valence-electron chi connectivity index (χ0n) is 4.89. The highest BCUT2D eigenvalue weighted by Gasteiger charge is 2.59. The van der Waals surface area contributed by atoms with Gasteiger partial charge in [-0.3, -0.25) is 0 Å². The Bertz CT molecular complexity index is 153. The van der Waals surface area contributed by atoms with Gasteiger partial charge in [0.1, 0.15) is 0 Å². The van der Waals surface area contributed by atoms with Crippen molar-refractivity contribution >= 4 is 0 Å². The predicted molar refractivity (Wildman–Crippen MR) is 32.1 cm³/mol. The standard InChI is InChI=1S/C6H10N2/c1-6-2-3-8-5(6)4(6)7/h2-5,8H,7H2,1H3/t4-,5?,6?/m0/s1. The van der Waals surface area contributed by atoms with Crippen LogP contribution in [0.5, 0.6) is 0 Å². The zero-order chi connectivity index (χ0) is 5.78. The first-order valence-corrected chi connectivity index (χ1v) is 2.94. The molecule has 2 nitrogen and oxygen atoms in total. The van der Waals surface area contributed by atoms with Gasteiger partial charge in [-0.05, 0) is 6.20 Å². The van der Waals surface area contributed by atoms with E-state index in [9.17, 15) is 0 Å². The molecule has 8 heavy (non-hydrogen) atoms. The second-order valence-corrected chi connectivity index (χ2v) is 2.87. The van der Waals surface area contributed by atoms with E-state index < -0.39 is 0 Å². The fourth-order valence-electron chi connectivity index (χ4n) is 1.40. The molecule has 2 rings (SSSR count). The number of fused-ring (bicyclic) bond motifs is 1. The van der Waals surface area contributed by atoms with Crippen molar-refractivity contribution in [3.05, 3.63) is 12.3 Å². The monoisotopic (exact) mass is 110 g/mol. The van der Waals surface area contributed by atoms with E-state index in [0.29, 0.717) is 17.5 Å². The molecule has 1 saturated carbocycles. The summed E-state index contributed by atoms with van der Waals surface area (Å²) < 4.78 is 0. The molecule has 0 aromatic heterocycles. The highest BCUT2D eigenvalue weighted by Crippen LogP contribution is 2.48. The normalized spacial score (nSPS) is 57.8. The molecule has 2 unspecified atom stereocenters. The first-order valence-electron chi connectivity index (χ1n) is 2.94. The molecular weight excluding hydrogens is 100 g/mol. The lowest BCUT2D eigenvalue weighted by molar-refractivity contribution is 0.689. The van der Waals surface area contributed by atoms with Crippen molar-refractivity contribution in [2.24, 2.45) is 11.1 Å². The minimum absolute atomic E-state index is 0.306. The average Bonchev–Trinajstić information content (AvgIpc) is 2.23. The Hall–Kier alpha value is -0.500. The average molecular weight is 110 g/mol. The van der Waals surface area contributed by atoms with Crippen molar-refractivity contribution in [2.45, 2.75) is 19.0 Å². The van der Waals surface area contributed by atoms with Crippen LogP contribution in [0.3, 0.4) is 0 Å². The SMILES string of the molecule is CC12C=CNC1[C@@H]2N. The van der Waals surface area contributed by atoms with Gasteiger partial charge in [-0.2, -0.15) is 0 Å². The third-order valence-electron chi connectivity index (χ3n) is 2.36. The Morgan fingerprint density at radius 1 is 1.75 bits per heavy atom. The quantitative estimate of drug-likeness (QED) is 0.454. The van der Waals surface area contributed by atoms with Crippen molar-refractivity contribution in [2.75, 3.05) is 0 Å². The molecule has 0 radical (unpaired) electrons. The molecule has 0 spiro atoms. The molecule has 2 heteroatoms. The Labute approximate surface area is 48.8 Å². The Kier molecular flexibility index (Phi) is 0.513. The second-order valence-electron chi connectivity index (χ2n) is 2.87. The lowest BCUT2D eigenvalue weighted by Crippen LogP contribution is -2.16. The highest BCUT2D eigenvalue weighted by molar-refractivity contribution is 5.31. The number of rotatable bonds is 0. The van der Waals surface area contributed by atoms with Crippen LogP contribution in [0.15, 0.2) is 12.3 Å². The molecular formula is C6H10N2. The molecule has 44 valence electrons. The smallest absolute Gasteiger partial charge is 0.0520 e. The van der Waals surface area contributed by atoms with Gasteiger partial charge in [0.25, 0.3) is 0 Å². The van der Waals surface area contributed by atoms with Gasteiger partial charge in [-0.15, -0.1) is 0 Å². The second kappa shape index (κ2) is 0.935. The van der Waals surface area contributed by atoms with Gasteiger partial charge in [0.05, 0.1) is 6.04 Å². The summed E-state index contributed by atoms with van der Waals surface area (Å²) in [5.74, 6) is 0. The van der Waals surface area contributed by atoms with Gasteiger partial charge >= 0.3 is 0 Å². The van der Waals surface area contributed by atoms with Gasteiger partial charge in [-0.1, -0.05) is 13.0 Å². The molecule has 0 saturated heterocycles. The molecule has 0 aromatic carbocycles. The number of hydrogen-bond donors (Lipinski definition) is 2. The minimum atomic E-state index is 0.306. The largest absolute Gasteiger partial charge is 0.386 e. The van der Waals surface area contributed by atoms with Gasteiger partial charge in [0.15, 0.2) is 0 Å². The molecule has 1 fully saturated rings. The van der Waals surface area contributed by atoms with Crippen LogP contribution in [0.2, 0.25) is 0 Å². The molecule has 1 aliphatic heterocycles. The van der Waals surface area contributed by atoms with E-state index in [1.807, 2.05) is 6.20 Å². The summed E-state index contributed by atoms with van der Waals surface area (Å²) in [5, 5.41) is 3.18. The summed E-state index contributed by atoms with van der Waals surface area (Å²) in [4.78, 5) is 0. The first-order chi connectivity index (χ1) is 3.75. The molecule has 1 heterocycles. The summed E-state index contributed by atoms with van der Waals surface area (Å²) >= 11 is 0. The molecule has 0 bridgehead atoms. The van der Waals surface area contributed by atoms with Crippen molar-refractivity contribution < 1.29 is 0 Å². The van der Waals surface area contributed by atoms with Crippen molar-refractivity contribution in [1.29, 1.82) is 0 Å². The summed E-state index contributed by atoms with van der Waals surface area (Å²) in [6.45, 7) is 2.18. The molecule has 0 amide bonds. The maximum absolute atomic E-state index is 5.69. The van der Waals surface area contributed by atoms with E-state index >= 15 is 0 Å². The molecule has 3 atom stereocenters. The molecule has 3 N–H and O–H groups in total. The Balaban J connectivity index is 2.29. The number of nitrogens with two attached hydrogens (primary N) is 1. The molecule has 0 aromatic rings. The van der Waals surface area contributed by atoms with Crippen molar-refractivity contribution in [3.8, 4) is 0 Å². The van der Waals surface area contributed by atoms with Crippen LogP contribution in [0.1, 0.15) is 6.92 Å². The topological polar surface area (TPSA) is 38.0 Å². The van der Waals surface area contributed by atoms with E-state index in [2.05, 4.69) is 18.3 Å². The summed E-state index contributed by atoms with van der Waals surface area (Å²) in [7, 11) is 0. The number of hydrogen-bond acceptors (Lipinski definition) is 2. The molecule has 1 aliphatic carbocycles. The van der Waals surface area contributed by atoms with Gasteiger partial charge < -0.3 is 11.1 Å². The van der Waals surface area contributed by atoms with Gasteiger partial charge in [0, 0.05) is 11.5 Å². The minimum Gasteiger partial charge on any atom is -0.386 e. The third-order valence-corrected chi connectivity index (χ3v) is 2.36. The predicted octanol–water partition coefficient (Wildman–Crippen LogP) is -0.181. The van der Waals surface area contributed by atoms with Crippen LogP contribution in [-0.4, -0.2) is 12.1 Å². The Morgan fingerprint density at radius 2 is 2.50 bits per heavy atom. The summed E-state index contributed by atoms with van der Waals surface area (Å²) in [6.07, 6.45) is 4.15. The lowest BCUT2D eigenvalue weighted by Gasteiger charge is -1.93. The van der Waals surface area contributed by atoms with Crippen LogP contribution in [0.25, 0.3) is 0 Å². The Morgan fingerprint density at radius 3 is 2.75 bits per heavy atom. The van der Waals surface area contributed by atoms with Crippen LogP contribution in [0, 0.1) is 5.41 Å². The van der Waals surface area contributed by atoms with E-state index in [-0.39, 0.29) is 0 Å². The molecule has 2 aliphatic rings. The maximum atomic E-state index is 5.69. The van der Waals surface area contributed by atoms with Crippen LogP contribution in [-0.2, 0) is 0 Å². The summed E-state index contributed by atoms with van der Waals surface area (Å²) in [5.41, 5.74) is 6.00. The van der Waals surface area contributed by atoms with Gasteiger partial charge in [-0.25, -0.2) is 0 Å². The van der Waals surface area contributed by atoms with Crippen molar-refractivity contribution in [1.82, 2.24) is 5.32 Å². The fraction of sp³-hybridized carbons (Fsp3) is 0.667.